The Balaban J connectivity index is 1.30. The molecule has 3 fully saturated rings. The fourth-order valence-corrected chi connectivity index (χ4v) is 6.19. The monoisotopic (exact) mass is 463 g/mol. The Morgan fingerprint density at radius 2 is 1.74 bits per heavy atom. The molecule has 2 N–H and O–H groups in total. The summed E-state index contributed by atoms with van der Waals surface area (Å²) in [4.78, 5) is 24.3. The van der Waals surface area contributed by atoms with Gasteiger partial charge < -0.3 is 10.4 Å². The zero-order valence-electron chi connectivity index (χ0n) is 19.6. The number of fused-ring (bicyclic) bond motifs is 4. The van der Waals surface area contributed by atoms with E-state index in [2.05, 4.69) is 17.3 Å². The van der Waals surface area contributed by atoms with Crippen molar-refractivity contribution in [2.45, 2.75) is 57.4 Å². The summed E-state index contributed by atoms with van der Waals surface area (Å²) in [5.74, 6) is -0.997. The zero-order valence-corrected chi connectivity index (χ0v) is 19.6. The number of benzene rings is 2. The molecule has 1 atom stereocenters. The molecular formula is C27H30FN3O3. The first-order valence-electron chi connectivity index (χ1n) is 12.0. The van der Waals surface area contributed by atoms with Crippen LogP contribution < -0.4 is 5.32 Å². The van der Waals surface area contributed by atoms with Gasteiger partial charge in [0.25, 0.3) is 5.91 Å². The molecule has 1 aromatic heterocycles. The molecule has 1 unspecified atom stereocenters. The van der Waals surface area contributed by atoms with Crippen molar-refractivity contribution < 1.29 is 19.1 Å². The molecule has 3 aromatic rings. The number of aliphatic carboxylic acids is 1. The molecule has 178 valence electrons. The number of carbonyl (C=O) groups is 2. The molecule has 3 aliphatic rings. The second kappa shape index (κ2) is 8.22. The van der Waals surface area contributed by atoms with E-state index in [4.69, 9.17) is 0 Å². The average molecular weight is 464 g/mol. The number of aryl methyl sites for hydroxylation is 1. The van der Waals surface area contributed by atoms with E-state index in [-0.39, 0.29) is 35.0 Å². The smallest absolute Gasteiger partial charge is 0.303 e. The van der Waals surface area contributed by atoms with E-state index >= 15 is 0 Å². The topological polar surface area (TPSA) is 84.2 Å². The van der Waals surface area contributed by atoms with Gasteiger partial charge in [-0.2, -0.15) is 5.10 Å². The summed E-state index contributed by atoms with van der Waals surface area (Å²) in [7, 11) is 1.79. The van der Waals surface area contributed by atoms with Crippen molar-refractivity contribution >= 4 is 22.8 Å². The lowest BCUT2D eigenvalue weighted by Crippen LogP contribution is -2.57. The summed E-state index contributed by atoms with van der Waals surface area (Å²) in [5, 5.41) is 17.5. The first-order valence-corrected chi connectivity index (χ1v) is 12.0. The number of amides is 1. The highest BCUT2D eigenvalue weighted by Gasteiger charge is 2.51. The first-order chi connectivity index (χ1) is 16.2. The third kappa shape index (κ3) is 3.77. The molecule has 0 radical (unpaired) electrons. The Morgan fingerprint density at radius 1 is 1.09 bits per heavy atom. The Bertz CT molecular complexity index is 1240. The first kappa shape index (κ1) is 22.6. The number of carboxylic acid groups (broad SMARTS) is 1. The SMILES string of the molecule is CC(CC(=O)O)C12CCC(NC(=O)c3ccc(-c4nn(C)c5cccc(F)c45)cc3)(CC1)CC2. The van der Waals surface area contributed by atoms with Gasteiger partial charge in [0, 0.05) is 30.1 Å². The third-order valence-electron chi connectivity index (χ3n) is 8.46. The maximum Gasteiger partial charge on any atom is 0.303 e. The molecule has 3 aliphatic carbocycles. The predicted octanol–water partition coefficient (Wildman–Crippen LogP) is 5.31. The molecule has 6 nitrogen and oxygen atoms in total. The van der Waals surface area contributed by atoms with E-state index in [0.717, 1.165) is 49.6 Å². The predicted molar refractivity (Wildman–Crippen MR) is 128 cm³/mol. The molecule has 34 heavy (non-hydrogen) atoms. The lowest BCUT2D eigenvalue weighted by Gasteiger charge is -2.56. The van der Waals surface area contributed by atoms with E-state index < -0.39 is 5.97 Å². The number of nitrogens with zero attached hydrogens (tertiary/aromatic N) is 2. The zero-order chi connectivity index (χ0) is 24.1. The number of nitrogens with one attached hydrogen (secondary N) is 1. The fourth-order valence-electron chi connectivity index (χ4n) is 6.19. The largest absolute Gasteiger partial charge is 0.481 e. The van der Waals surface area contributed by atoms with Gasteiger partial charge in [0.2, 0.25) is 0 Å². The minimum absolute atomic E-state index is 0.0905. The van der Waals surface area contributed by atoms with Crippen LogP contribution in [0, 0.1) is 17.2 Å². The van der Waals surface area contributed by atoms with E-state index in [9.17, 15) is 19.1 Å². The molecular weight excluding hydrogens is 433 g/mol. The van der Waals surface area contributed by atoms with Gasteiger partial charge >= 0.3 is 5.97 Å². The summed E-state index contributed by atoms with van der Waals surface area (Å²) < 4.78 is 16.2. The Hall–Kier alpha value is -3.22. The van der Waals surface area contributed by atoms with Crippen molar-refractivity contribution in [3.8, 4) is 11.3 Å². The van der Waals surface area contributed by atoms with Crippen LogP contribution in [0.5, 0.6) is 0 Å². The molecule has 0 aliphatic heterocycles. The maximum absolute atomic E-state index is 14.5. The number of hydrogen-bond acceptors (Lipinski definition) is 3. The van der Waals surface area contributed by atoms with Crippen LogP contribution in [0.3, 0.4) is 0 Å². The minimum Gasteiger partial charge on any atom is -0.481 e. The van der Waals surface area contributed by atoms with Crippen molar-refractivity contribution in [3.05, 3.63) is 53.8 Å². The van der Waals surface area contributed by atoms with Crippen LogP contribution in [-0.2, 0) is 11.8 Å². The summed E-state index contributed by atoms with van der Waals surface area (Å²) >= 11 is 0. The van der Waals surface area contributed by atoms with Gasteiger partial charge in [-0.05, 0) is 74.1 Å². The van der Waals surface area contributed by atoms with Crippen molar-refractivity contribution in [2.24, 2.45) is 18.4 Å². The normalized spacial score (nSPS) is 24.8. The minimum atomic E-state index is -0.734. The molecule has 3 saturated carbocycles. The molecule has 0 spiro atoms. The van der Waals surface area contributed by atoms with E-state index in [1.807, 2.05) is 18.2 Å². The number of aromatic nitrogens is 2. The van der Waals surface area contributed by atoms with Crippen molar-refractivity contribution in [3.63, 3.8) is 0 Å². The van der Waals surface area contributed by atoms with E-state index in [0.29, 0.717) is 16.6 Å². The molecule has 2 bridgehead atoms. The van der Waals surface area contributed by atoms with Gasteiger partial charge in [-0.1, -0.05) is 25.1 Å². The highest BCUT2D eigenvalue weighted by atomic mass is 19.1. The number of hydrogen-bond donors (Lipinski definition) is 2. The maximum atomic E-state index is 14.5. The summed E-state index contributed by atoms with van der Waals surface area (Å²) in [6.07, 6.45) is 5.75. The fraction of sp³-hybridized carbons (Fsp3) is 0.444. The summed E-state index contributed by atoms with van der Waals surface area (Å²) in [5.41, 5.74) is 2.50. The number of rotatable bonds is 6. The van der Waals surface area contributed by atoms with Crippen LogP contribution in [0.25, 0.3) is 22.2 Å². The van der Waals surface area contributed by atoms with Gasteiger partial charge in [0.1, 0.15) is 11.5 Å². The quantitative estimate of drug-likeness (QED) is 0.519. The lowest BCUT2D eigenvalue weighted by atomic mass is 9.53. The highest BCUT2D eigenvalue weighted by Crippen LogP contribution is 2.56. The molecule has 1 heterocycles. The third-order valence-corrected chi connectivity index (χ3v) is 8.46. The van der Waals surface area contributed by atoms with E-state index in [1.54, 1.807) is 29.9 Å². The number of halogens is 1. The van der Waals surface area contributed by atoms with Crippen LogP contribution in [0.2, 0.25) is 0 Å². The van der Waals surface area contributed by atoms with Crippen LogP contribution in [-0.4, -0.2) is 32.3 Å². The van der Waals surface area contributed by atoms with Crippen LogP contribution in [0.15, 0.2) is 42.5 Å². The summed E-state index contributed by atoms with van der Waals surface area (Å²) in [6, 6.07) is 12.1. The second-order valence-electron chi connectivity index (χ2n) is 10.3. The van der Waals surface area contributed by atoms with Crippen molar-refractivity contribution in [2.75, 3.05) is 0 Å². The van der Waals surface area contributed by atoms with Gasteiger partial charge in [-0.25, -0.2) is 4.39 Å². The van der Waals surface area contributed by atoms with Crippen LogP contribution in [0.1, 0.15) is 62.2 Å². The summed E-state index contributed by atoms with van der Waals surface area (Å²) in [6.45, 7) is 2.06. The van der Waals surface area contributed by atoms with Gasteiger partial charge in [-0.15, -0.1) is 0 Å². The van der Waals surface area contributed by atoms with Crippen LogP contribution >= 0.6 is 0 Å². The molecule has 0 saturated heterocycles. The molecule has 7 heteroatoms. The van der Waals surface area contributed by atoms with Gasteiger partial charge in [-0.3, -0.25) is 14.3 Å². The Morgan fingerprint density at radius 3 is 2.35 bits per heavy atom. The number of carboxylic acids is 1. The molecule has 2 aromatic carbocycles. The second-order valence-corrected chi connectivity index (χ2v) is 10.3. The van der Waals surface area contributed by atoms with Crippen molar-refractivity contribution in [1.29, 1.82) is 0 Å². The Kier molecular flexibility index (Phi) is 5.46. The highest BCUT2D eigenvalue weighted by molar-refractivity contribution is 5.97. The Labute approximate surface area is 198 Å². The van der Waals surface area contributed by atoms with Gasteiger partial charge in [0.05, 0.1) is 10.9 Å². The standard InChI is InChI=1S/C27H30FN3O3/c1-17(16-22(32)33)26-10-13-27(14-11-26,15-12-26)29-25(34)19-8-6-18(7-9-19)24-23-20(28)4-3-5-21(23)31(2)30-24/h3-9,17H,10-16H2,1-2H3,(H,29,34)(H,32,33). The van der Waals surface area contributed by atoms with Crippen LogP contribution in [0.4, 0.5) is 4.39 Å². The van der Waals surface area contributed by atoms with Gasteiger partial charge in [0.15, 0.2) is 0 Å². The lowest BCUT2D eigenvalue weighted by molar-refractivity contribution is -0.140. The average Bonchev–Trinajstić information content (AvgIpc) is 3.17. The molecule has 6 rings (SSSR count). The van der Waals surface area contributed by atoms with Crippen molar-refractivity contribution in [1.82, 2.24) is 15.1 Å². The molecule has 1 amide bonds. The number of carbonyl (C=O) groups excluding carboxylic acids is 1. The van der Waals surface area contributed by atoms with E-state index in [1.165, 1.54) is 6.07 Å².